The number of nitrogens with one attached hydrogen (secondary N) is 1. The molecule has 0 saturated carbocycles. The van der Waals surface area contributed by atoms with Gasteiger partial charge in [0.2, 0.25) is 5.91 Å². The highest BCUT2D eigenvalue weighted by atomic mass is 32.2. The van der Waals surface area contributed by atoms with Crippen molar-refractivity contribution in [3.05, 3.63) is 53.6 Å². The number of hydrogen-bond donors (Lipinski definition) is 2. The molecule has 3 N–H and O–H groups in total. The predicted octanol–water partition coefficient (Wildman–Crippen LogP) is 2.23. The van der Waals surface area contributed by atoms with Crippen molar-refractivity contribution in [1.82, 2.24) is 10.3 Å². The minimum Gasteiger partial charge on any atom is -0.539 e. The topological polar surface area (TPSA) is 169 Å². The van der Waals surface area contributed by atoms with E-state index in [1.165, 1.54) is 7.05 Å². The number of amides is 1. The number of rotatable bonds is 5. The van der Waals surface area contributed by atoms with Gasteiger partial charge in [-0.1, -0.05) is 46.8 Å². The smallest absolute Gasteiger partial charge is 0.266 e. The van der Waals surface area contributed by atoms with Crippen LogP contribution in [0.25, 0.3) is 22.0 Å². The van der Waals surface area contributed by atoms with Crippen LogP contribution in [0.15, 0.2) is 52.0 Å². The molecular formula is C23H17N7O3S. The molecule has 2 aromatic heterocycles. The summed E-state index contributed by atoms with van der Waals surface area (Å²) in [6, 6.07) is 17.2. The summed E-state index contributed by atoms with van der Waals surface area (Å²) in [6.07, 6.45) is 0. The van der Waals surface area contributed by atoms with Gasteiger partial charge in [-0.25, -0.2) is 4.98 Å². The van der Waals surface area contributed by atoms with Gasteiger partial charge in [0.15, 0.2) is 13.0 Å². The first-order valence-electron chi connectivity index (χ1n) is 9.97. The normalized spacial score (nSPS) is 11.5. The van der Waals surface area contributed by atoms with Gasteiger partial charge in [-0.05, 0) is 29.8 Å². The number of benzene rings is 2. The Hall–Kier alpha value is -4.61. The molecule has 2 heterocycles. The molecule has 0 fully saturated rings. The van der Waals surface area contributed by atoms with E-state index in [-0.39, 0.29) is 39.1 Å². The van der Waals surface area contributed by atoms with Crippen LogP contribution in [0.1, 0.15) is 18.1 Å². The molecule has 0 spiro atoms. The number of aromatic nitrogens is 3. The number of aryl methyl sites for hydroxylation is 1. The molecule has 4 aromatic rings. The highest BCUT2D eigenvalue weighted by molar-refractivity contribution is 8.00. The summed E-state index contributed by atoms with van der Waals surface area (Å²) in [5, 5.41) is 39.5. The second-order valence-electron chi connectivity index (χ2n) is 7.29. The molecule has 10 nitrogen and oxygen atoms in total. The van der Waals surface area contributed by atoms with Crippen molar-refractivity contribution in [3.63, 3.8) is 0 Å². The van der Waals surface area contributed by atoms with Gasteiger partial charge < -0.3 is 20.7 Å². The largest absolute Gasteiger partial charge is 0.539 e. The summed E-state index contributed by atoms with van der Waals surface area (Å²) in [5.74, 6) is -1.34. The molecule has 2 aromatic carbocycles. The first kappa shape index (κ1) is 22.6. The number of pyridine rings is 1. The Morgan fingerprint density at radius 1 is 1.21 bits per heavy atom. The minimum absolute atomic E-state index is 0.0316. The Labute approximate surface area is 198 Å². The van der Waals surface area contributed by atoms with Crippen molar-refractivity contribution in [2.24, 2.45) is 7.05 Å². The summed E-state index contributed by atoms with van der Waals surface area (Å²) in [6.45, 7) is 1.65. The lowest BCUT2D eigenvalue weighted by atomic mass is 10.0. The molecule has 34 heavy (non-hydrogen) atoms. The van der Waals surface area contributed by atoms with E-state index in [0.717, 1.165) is 27.2 Å². The molecule has 11 heteroatoms. The molecule has 0 aliphatic rings. The lowest BCUT2D eigenvalue weighted by Gasteiger charge is -2.15. The molecule has 0 aliphatic carbocycles. The van der Waals surface area contributed by atoms with Crippen LogP contribution < -0.4 is 20.8 Å². The highest BCUT2D eigenvalue weighted by Crippen LogP contribution is 2.38. The average Bonchev–Trinajstić information content (AvgIpc) is 3.16. The second kappa shape index (κ2) is 9.10. The molecule has 4 rings (SSSR count). The van der Waals surface area contributed by atoms with Crippen molar-refractivity contribution in [2.45, 2.75) is 17.2 Å². The van der Waals surface area contributed by atoms with Crippen LogP contribution in [0.2, 0.25) is 0 Å². The molecule has 0 saturated heterocycles. The summed E-state index contributed by atoms with van der Waals surface area (Å²) in [5.41, 5.74) is 6.23. The van der Waals surface area contributed by atoms with Gasteiger partial charge in [0.25, 0.3) is 5.69 Å². The summed E-state index contributed by atoms with van der Waals surface area (Å²) in [4.78, 5) is 17.0. The number of carbonyl (C=O) groups is 1. The van der Waals surface area contributed by atoms with E-state index in [1.54, 1.807) is 13.0 Å². The van der Waals surface area contributed by atoms with Crippen LogP contribution in [0.3, 0.4) is 0 Å². The van der Waals surface area contributed by atoms with Gasteiger partial charge in [-0.2, -0.15) is 10.5 Å². The van der Waals surface area contributed by atoms with Crippen LogP contribution in [-0.2, 0) is 11.8 Å². The molecule has 168 valence electrons. The third-order valence-corrected chi connectivity index (χ3v) is 6.18. The number of nitrogens with two attached hydrogens (primary N) is 1. The zero-order valence-corrected chi connectivity index (χ0v) is 18.9. The predicted molar refractivity (Wildman–Crippen MR) is 122 cm³/mol. The third-order valence-electron chi connectivity index (χ3n) is 5.09. The van der Waals surface area contributed by atoms with E-state index in [2.05, 4.69) is 20.1 Å². The number of carbonyl (C=O) groups excluding carboxylic acids is 1. The number of hydrogen-bond acceptors (Lipinski definition) is 9. The summed E-state index contributed by atoms with van der Waals surface area (Å²) >= 11 is 0.985. The second-order valence-corrected chi connectivity index (χ2v) is 8.62. The molecule has 0 radical (unpaired) electrons. The van der Waals surface area contributed by atoms with Crippen molar-refractivity contribution in [1.29, 1.82) is 10.5 Å². The van der Waals surface area contributed by atoms with Crippen LogP contribution in [0, 0.1) is 22.7 Å². The monoisotopic (exact) mass is 471 g/mol. The Morgan fingerprint density at radius 2 is 1.91 bits per heavy atom. The Morgan fingerprint density at radius 3 is 2.56 bits per heavy atom. The first-order chi connectivity index (χ1) is 16.3. The van der Waals surface area contributed by atoms with Crippen LogP contribution in [-0.4, -0.2) is 21.4 Å². The zero-order valence-electron chi connectivity index (χ0n) is 18.1. The van der Waals surface area contributed by atoms with Gasteiger partial charge in [0.1, 0.15) is 28.5 Å². The van der Waals surface area contributed by atoms with E-state index < -0.39 is 11.2 Å². The fourth-order valence-electron chi connectivity index (χ4n) is 3.43. The van der Waals surface area contributed by atoms with Crippen LogP contribution in [0.4, 0.5) is 11.5 Å². The number of fused-ring (bicyclic) bond motifs is 1. The van der Waals surface area contributed by atoms with Crippen LogP contribution >= 0.6 is 11.8 Å². The van der Waals surface area contributed by atoms with E-state index in [1.807, 2.05) is 48.5 Å². The molecular weight excluding hydrogens is 454 g/mol. The van der Waals surface area contributed by atoms with Crippen molar-refractivity contribution in [2.75, 3.05) is 11.1 Å². The highest BCUT2D eigenvalue weighted by Gasteiger charge is 2.30. The van der Waals surface area contributed by atoms with Gasteiger partial charge in [-0.15, -0.1) is 0 Å². The molecule has 1 amide bonds. The SMILES string of the molecule is CC(Sc1nc(N)c(C#N)c(-c2c([O-])on[n+]2C)c1C#N)C(=O)Nc1ccc2ccccc2c1. The number of nitrogens with zero attached hydrogens (tertiary/aromatic N) is 5. The molecule has 1 unspecified atom stereocenters. The Bertz CT molecular complexity index is 1500. The maximum absolute atomic E-state index is 12.9. The van der Waals surface area contributed by atoms with Gasteiger partial charge >= 0.3 is 0 Å². The Kier molecular flexibility index (Phi) is 6.04. The standard InChI is InChI=1S/C23H17N7O3S/c1-12(21(31)27-15-8-7-13-5-3-4-6-14(13)9-15)34-22-17(11-25)18(16(10-24)20(26)28-22)19-23(32)33-29-30(19)2/h3-9,12H,1-2H3,(H3-,26,27,28,29,31,32). The van der Waals surface area contributed by atoms with E-state index in [9.17, 15) is 20.4 Å². The summed E-state index contributed by atoms with van der Waals surface area (Å²) < 4.78 is 5.77. The number of thioether (sulfide) groups is 1. The Balaban J connectivity index is 1.67. The van der Waals surface area contributed by atoms with E-state index in [4.69, 9.17) is 5.73 Å². The van der Waals surface area contributed by atoms with E-state index in [0.29, 0.717) is 5.69 Å². The fourth-order valence-corrected chi connectivity index (χ4v) is 4.35. The molecule has 0 bridgehead atoms. The maximum Gasteiger partial charge on any atom is 0.266 e. The number of nitriles is 2. The van der Waals surface area contributed by atoms with E-state index >= 15 is 0 Å². The summed E-state index contributed by atoms with van der Waals surface area (Å²) in [7, 11) is 1.44. The fraction of sp³-hybridized carbons (Fsp3) is 0.130. The van der Waals surface area contributed by atoms with Gasteiger partial charge in [-0.3, -0.25) is 4.79 Å². The minimum atomic E-state index is -0.834. The zero-order chi connectivity index (χ0) is 24.4. The number of nitrogen functional groups attached to an aromatic ring is 1. The van der Waals surface area contributed by atoms with Crippen LogP contribution in [0.5, 0.6) is 5.95 Å². The molecule has 1 atom stereocenters. The van der Waals surface area contributed by atoms with Gasteiger partial charge in [0.05, 0.1) is 21.6 Å². The average molecular weight is 472 g/mol. The third kappa shape index (κ3) is 4.08. The quantitative estimate of drug-likeness (QED) is 0.327. The lowest BCUT2D eigenvalue weighted by Crippen LogP contribution is -2.32. The lowest BCUT2D eigenvalue weighted by molar-refractivity contribution is -0.730. The molecule has 0 aliphatic heterocycles. The van der Waals surface area contributed by atoms with Gasteiger partial charge in [0, 0.05) is 5.69 Å². The first-order valence-corrected chi connectivity index (χ1v) is 10.8. The van der Waals surface area contributed by atoms with Crippen molar-refractivity contribution >= 4 is 39.9 Å². The number of anilines is 2. The van der Waals surface area contributed by atoms with Crippen molar-refractivity contribution < 1.29 is 19.1 Å². The van der Waals surface area contributed by atoms with Crippen molar-refractivity contribution in [3.8, 4) is 29.3 Å². The maximum atomic E-state index is 12.9.